The van der Waals surface area contributed by atoms with Gasteiger partial charge in [-0.05, 0) is 24.6 Å². The van der Waals surface area contributed by atoms with E-state index in [1.807, 2.05) is 61.5 Å². The van der Waals surface area contributed by atoms with Crippen LogP contribution in [0, 0.1) is 6.92 Å². The van der Waals surface area contributed by atoms with Crippen LogP contribution >= 0.6 is 0 Å². The van der Waals surface area contributed by atoms with Gasteiger partial charge in [-0.25, -0.2) is 0 Å². The third-order valence-corrected chi connectivity index (χ3v) is 5.22. The van der Waals surface area contributed by atoms with Gasteiger partial charge in [0.25, 0.3) is 0 Å². The van der Waals surface area contributed by atoms with Gasteiger partial charge in [-0.2, -0.15) is 0 Å². The predicted octanol–water partition coefficient (Wildman–Crippen LogP) is 2.46. The van der Waals surface area contributed by atoms with Crippen LogP contribution in [0.4, 0.5) is 5.69 Å². The maximum Gasteiger partial charge on any atom is 0.237 e. The summed E-state index contributed by atoms with van der Waals surface area (Å²) in [6.45, 7) is 1.97. The molecule has 1 atom stereocenters. The van der Waals surface area contributed by atoms with Crippen LogP contribution in [-0.2, 0) is 29.1 Å². The van der Waals surface area contributed by atoms with Crippen molar-refractivity contribution in [3.05, 3.63) is 71.5 Å². The monoisotopic (exact) mass is 368 g/mol. The zero-order valence-corrected chi connectivity index (χ0v) is 15.5. The maximum atomic E-state index is 12.5. The van der Waals surface area contributed by atoms with Crippen LogP contribution in [0.15, 0.2) is 59.8 Å². The number of nitrogens with zero attached hydrogens (tertiary/aromatic N) is 3. The molecule has 0 aliphatic carbocycles. The van der Waals surface area contributed by atoms with Crippen LogP contribution in [0.5, 0.6) is 0 Å². The normalized spacial score (nSPS) is 11.9. The molecule has 0 aliphatic rings. The van der Waals surface area contributed by atoms with Crippen LogP contribution in [0.3, 0.4) is 0 Å². The number of rotatable bonds is 6. The van der Waals surface area contributed by atoms with E-state index in [-0.39, 0.29) is 11.7 Å². The van der Waals surface area contributed by atoms with E-state index in [4.69, 9.17) is 0 Å². The van der Waals surface area contributed by atoms with Gasteiger partial charge < -0.3 is 9.88 Å². The molecule has 0 saturated heterocycles. The van der Waals surface area contributed by atoms with E-state index in [9.17, 15) is 9.00 Å². The first-order valence-electron chi connectivity index (χ1n) is 8.20. The highest BCUT2D eigenvalue weighted by atomic mass is 32.2. The molecule has 0 aliphatic heterocycles. The van der Waals surface area contributed by atoms with Crippen LogP contribution in [0.25, 0.3) is 0 Å². The lowest BCUT2D eigenvalue weighted by atomic mass is 10.1. The molecule has 0 radical (unpaired) electrons. The predicted molar refractivity (Wildman–Crippen MR) is 101 cm³/mol. The molecular weight excluding hydrogens is 348 g/mol. The van der Waals surface area contributed by atoms with Gasteiger partial charge in [0.05, 0.1) is 0 Å². The molecule has 134 valence electrons. The Morgan fingerprint density at radius 2 is 1.77 bits per heavy atom. The Morgan fingerprint density at radius 3 is 2.46 bits per heavy atom. The van der Waals surface area contributed by atoms with Crippen molar-refractivity contribution in [3.63, 3.8) is 0 Å². The second-order valence-electron chi connectivity index (χ2n) is 6.02. The van der Waals surface area contributed by atoms with Crippen LogP contribution in [-0.4, -0.2) is 30.6 Å². The van der Waals surface area contributed by atoms with Crippen molar-refractivity contribution in [2.45, 2.75) is 18.5 Å². The lowest BCUT2D eigenvalue weighted by Gasteiger charge is -2.06. The average Bonchev–Trinajstić information content (AvgIpc) is 2.98. The molecule has 1 heterocycles. The van der Waals surface area contributed by atoms with Gasteiger partial charge in [-0.1, -0.05) is 48.0 Å². The number of anilines is 1. The zero-order chi connectivity index (χ0) is 18.5. The summed E-state index contributed by atoms with van der Waals surface area (Å²) in [4.78, 5) is 12.1. The lowest BCUT2D eigenvalue weighted by molar-refractivity contribution is -0.113. The number of aromatic nitrogens is 3. The fourth-order valence-electron chi connectivity index (χ4n) is 2.49. The summed E-state index contributed by atoms with van der Waals surface area (Å²) in [5.41, 5.74) is 2.88. The second kappa shape index (κ2) is 8.05. The summed E-state index contributed by atoms with van der Waals surface area (Å²) in [5.74, 6) is 0.226. The molecule has 0 saturated carbocycles. The average molecular weight is 368 g/mol. The highest BCUT2D eigenvalue weighted by molar-refractivity contribution is 7.85. The number of carbonyl (C=O) groups excluding carboxylic acids is 1. The molecule has 0 fully saturated rings. The topological polar surface area (TPSA) is 76.9 Å². The molecule has 1 aromatic heterocycles. The molecule has 1 unspecified atom stereocenters. The minimum atomic E-state index is -1.56. The smallest absolute Gasteiger partial charge is 0.237 e. The highest BCUT2D eigenvalue weighted by Crippen LogP contribution is 2.12. The Balaban J connectivity index is 1.64. The number of aryl methyl sites for hydroxylation is 1. The molecule has 0 spiro atoms. The Kier molecular flexibility index (Phi) is 5.58. The molecule has 1 N–H and O–H groups in total. The van der Waals surface area contributed by atoms with Crippen LogP contribution < -0.4 is 5.32 Å². The van der Waals surface area contributed by atoms with Crippen molar-refractivity contribution >= 4 is 22.4 Å². The fraction of sp³-hybridized carbons (Fsp3) is 0.211. The number of carbonyl (C=O) groups is 1. The van der Waals surface area contributed by atoms with Crippen molar-refractivity contribution in [2.75, 3.05) is 11.1 Å². The van der Waals surface area contributed by atoms with E-state index in [1.54, 1.807) is 11.6 Å². The lowest BCUT2D eigenvalue weighted by Crippen LogP contribution is -2.21. The Bertz CT molecular complexity index is 920. The summed E-state index contributed by atoms with van der Waals surface area (Å²) < 4.78 is 14.2. The first-order chi connectivity index (χ1) is 12.5. The number of hydrogen-bond donors (Lipinski definition) is 1. The molecule has 3 rings (SSSR count). The molecular formula is C19H20N4O2S. The molecule has 6 nitrogen and oxygen atoms in total. The van der Waals surface area contributed by atoms with Crippen LogP contribution in [0.2, 0.25) is 0 Å². The standard InChI is InChI=1S/C19H20N4O2S/c1-14-8-10-16(11-9-14)20-18(24)13-26(25)19-22-21-17(23(19)2)12-15-6-4-3-5-7-15/h3-11H,12-13H2,1-2H3,(H,20,24). The first kappa shape index (κ1) is 18.0. The molecule has 3 aromatic rings. The fourth-order valence-corrected chi connectivity index (χ4v) is 3.48. The van der Waals surface area contributed by atoms with E-state index in [1.165, 1.54) is 0 Å². The third-order valence-electron chi connectivity index (χ3n) is 3.93. The van der Waals surface area contributed by atoms with E-state index in [0.29, 0.717) is 23.1 Å². The summed E-state index contributed by atoms with van der Waals surface area (Å²) in [7, 11) is 0.204. The highest BCUT2D eigenvalue weighted by Gasteiger charge is 2.18. The quantitative estimate of drug-likeness (QED) is 0.725. The Morgan fingerprint density at radius 1 is 1.08 bits per heavy atom. The summed E-state index contributed by atoms with van der Waals surface area (Å²) in [5, 5.41) is 11.2. The van der Waals surface area contributed by atoms with Gasteiger partial charge in [0.2, 0.25) is 11.1 Å². The summed E-state index contributed by atoms with van der Waals surface area (Å²) >= 11 is 0. The van der Waals surface area contributed by atoms with Gasteiger partial charge in [0.15, 0.2) is 0 Å². The van der Waals surface area contributed by atoms with Gasteiger partial charge >= 0.3 is 0 Å². The van der Waals surface area contributed by atoms with Crippen molar-refractivity contribution in [3.8, 4) is 0 Å². The Hall–Kier alpha value is -2.80. The number of benzene rings is 2. The number of hydrogen-bond acceptors (Lipinski definition) is 4. The second-order valence-corrected chi connectivity index (χ2v) is 7.37. The number of amides is 1. The Labute approximate surface area is 154 Å². The van der Waals surface area contributed by atoms with Gasteiger partial charge in [-0.15, -0.1) is 10.2 Å². The third kappa shape index (κ3) is 4.43. The summed E-state index contributed by atoms with van der Waals surface area (Å²) in [6, 6.07) is 17.3. The molecule has 26 heavy (non-hydrogen) atoms. The van der Waals surface area contributed by atoms with Gasteiger partial charge in [-0.3, -0.25) is 9.00 Å². The van der Waals surface area contributed by atoms with E-state index < -0.39 is 10.8 Å². The zero-order valence-electron chi connectivity index (χ0n) is 14.7. The molecule has 1 amide bonds. The van der Waals surface area contributed by atoms with Crippen LogP contribution in [0.1, 0.15) is 17.0 Å². The van der Waals surface area contributed by atoms with E-state index in [0.717, 1.165) is 11.1 Å². The molecule has 0 bridgehead atoms. The minimum absolute atomic E-state index is 0.162. The minimum Gasteiger partial charge on any atom is -0.325 e. The van der Waals surface area contributed by atoms with Crippen molar-refractivity contribution in [1.29, 1.82) is 0 Å². The SMILES string of the molecule is Cc1ccc(NC(=O)CS(=O)c2nnc(Cc3ccccc3)n2C)cc1. The molecule has 2 aromatic carbocycles. The largest absolute Gasteiger partial charge is 0.325 e. The summed E-state index contributed by atoms with van der Waals surface area (Å²) in [6.07, 6.45) is 0.594. The molecule has 7 heteroatoms. The van der Waals surface area contributed by atoms with Crippen molar-refractivity contribution in [2.24, 2.45) is 7.05 Å². The van der Waals surface area contributed by atoms with E-state index in [2.05, 4.69) is 15.5 Å². The van der Waals surface area contributed by atoms with E-state index >= 15 is 0 Å². The number of nitrogens with one attached hydrogen (secondary N) is 1. The van der Waals surface area contributed by atoms with Crippen molar-refractivity contribution < 1.29 is 9.00 Å². The maximum absolute atomic E-state index is 12.5. The first-order valence-corrected chi connectivity index (χ1v) is 9.52. The van der Waals surface area contributed by atoms with Crippen molar-refractivity contribution in [1.82, 2.24) is 14.8 Å². The van der Waals surface area contributed by atoms with Gasteiger partial charge in [0.1, 0.15) is 22.4 Å². The van der Waals surface area contributed by atoms with Gasteiger partial charge in [0, 0.05) is 19.2 Å².